The number of hydrogen-bond donors (Lipinski definition) is 1. The van der Waals surface area contributed by atoms with E-state index in [9.17, 15) is 15.2 Å². The molecular formula is C39H25N3O2. The maximum atomic E-state index is 14.1. The molecular weight excluding hydrogens is 542 g/mol. The number of amides is 1. The zero-order valence-electron chi connectivity index (χ0n) is 23.6. The number of anilines is 1. The Morgan fingerprint density at radius 2 is 1.25 bits per heavy atom. The number of aromatic nitrogens is 1. The molecule has 1 aliphatic rings. The van der Waals surface area contributed by atoms with Crippen LogP contribution in [0.3, 0.4) is 0 Å². The minimum Gasteiger partial charge on any atom is -0.369 e. The minimum atomic E-state index is -1.18. The molecule has 1 unspecified atom stereocenters. The number of fused-ring (bicyclic) bond motifs is 4. The molecule has 8 rings (SSSR count). The van der Waals surface area contributed by atoms with Crippen LogP contribution >= 0.6 is 0 Å². The largest absolute Gasteiger partial charge is 0.369 e. The van der Waals surface area contributed by atoms with Crippen molar-refractivity contribution >= 4 is 33.4 Å². The van der Waals surface area contributed by atoms with E-state index in [1.165, 1.54) is 4.90 Å². The molecule has 0 saturated carbocycles. The van der Waals surface area contributed by atoms with Gasteiger partial charge in [0.25, 0.3) is 5.91 Å². The van der Waals surface area contributed by atoms with Crippen LogP contribution in [0.1, 0.15) is 27.7 Å². The molecule has 6 aromatic carbocycles. The van der Waals surface area contributed by atoms with Crippen LogP contribution in [0, 0.1) is 11.3 Å². The third kappa shape index (κ3) is 3.86. The summed E-state index contributed by atoms with van der Waals surface area (Å²) in [6.45, 7) is 0. The number of rotatable bonds is 4. The second-order valence-electron chi connectivity index (χ2n) is 10.9. The number of aliphatic hydroxyl groups is 1. The standard InChI is InChI=1S/C39H25N3O2/c40-24-25-17-19-26(20-18-25)28-21-22-31-30-12-5-7-15-34(30)41(36(31)23-28)35-16-8-13-32-37(35)39(44)42(38(32)43)33-14-6-4-11-29(33)27-9-2-1-3-10-27/h1-23,39,44H. The average Bonchev–Trinajstić information content (AvgIpc) is 3.55. The number of carbonyl (C=O) groups excluding carboxylic acids is 1. The van der Waals surface area contributed by atoms with Gasteiger partial charge in [-0.25, -0.2) is 0 Å². The van der Waals surface area contributed by atoms with Crippen LogP contribution in [0.5, 0.6) is 0 Å². The van der Waals surface area contributed by atoms with Gasteiger partial charge in [0.15, 0.2) is 6.23 Å². The normalized spacial score (nSPS) is 14.2. The maximum Gasteiger partial charge on any atom is 0.261 e. The topological polar surface area (TPSA) is 69.3 Å². The molecule has 0 bridgehead atoms. The van der Waals surface area contributed by atoms with Crippen LogP contribution < -0.4 is 4.90 Å². The molecule has 208 valence electrons. The summed E-state index contributed by atoms with van der Waals surface area (Å²) in [6, 6.07) is 47.6. The molecule has 1 aromatic heterocycles. The molecule has 0 radical (unpaired) electrons. The van der Waals surface area contributed by atoms with Crippen LogP contribution in [0.4, 0.5) is 5.69 Å². The predicted octanol–water partition coefficient (Wildman–Crippen LogP) is 8.64. The maximum absolute atomic E-state index is 14.1. The van der Waals surface area contributed by atoms with E-state index in [0.717, 1.165) is 49.7 Å². The molecule has 5 nitrogen and oxygen atoms in total. The summed E-state index contributed by atoms with van der Waals surface area (Å²) in [5.41, 5.74) is 8.87. The van der Waals surface area contributed by atoms with E-state index in [0.29, 0.717) is 22.4 Å². The molecule has 1 aliphatic heterocycles. The molecule has 0 saturated heterocycles. The molecule has 0 aliphatic carbocycles. The van der Waals surface area contributed by atoms with E-state index in [1.807, 2.05) is 103 Å². The van der Waals surface area contributed by atoms with Gasteiger partial charge in [-0.15, -0.1) is 0 Å². The number of para-hydroxylation sites is 2. The third-order valence-corrected chi connectivity index (χ3v) is 8.55. The van der Waals surface area contributed by atoms with Crippen molar-refractivity contribution in [3.05, 3.63) is 156 Å². The molecule has 1 atom stereocenters. The van der Waals surface area contributed by atoms with Crippen LogP contribution in [0.25, 0.3) is 49.7 Å². The fraction of sp³-hybridized carbons (Fsp3) is 0.0256. The van der Waals surface area contributed by atoms with E-state index >= 15 is 0 Å². The SMILES string of the molecule is N#Cc1ccc(-c2ccc3c4ccccc4n(-c4cccc5c4C(O)N(c4ccccc4-c4ccccc4)C5=O)c3c2)cc1. The number of hydrogen-bond acceptors (Lipinski definition) is 3. The number of benzene rings is 6. The van der Waals surface area contributed by atoms with Gasteiger partial charge in [0.1, 0.15) is 0 Å². The van der Waals surface area contributed by atoms with Crippen LogP contribution in [-0.4, -0.2) is 15.6 Å². The molecule has 2 heterocycles. The Labute approximate surface area is 254 Å². The lowest BCUT2D eigenvalue weighted by Gasteiger charge is -2.25. The van der Waals surface area contributed by atoms with Gasteiger partial charge in [-0.3, -0.25) is 9.69 Å². The van der Waals surface area contributed by atoms with Crippen molar-refractivity contribution in [2.75, 3.05) is 4.90 Å². The summed E-state index contributed by atoms with van der Waals surface area (Å²) in [5.74, 6) is -0.239. The first-order valence-electron chi connectivity index (χ1n) is 14.5. The fourth-order valence-corrected chi connectivity index (χ4v) is 6.51. The van der Waals surface area contributed by atoms with Gasteiger partial charge in [-0.05, 0) is 59.2 Å². The van der Waals surface area contributed by atoms with Crippen molar-refractivity contribution in [1.82, 2.24) is 4.57 Å². The quantitative estimate of drug-likeness (QED) is 0.231. The Balaban J connectivity index is 1.33. The summed E-state index contributed by atoms with van der Waals surface area (Å²) < 4.78 is 2.15. The predicted molar refractivity (Wildman–Crippen MR) is 175 cm³/mol. The van der Waals surface area contributed by atoms with E-state index in [4.69, 9.17) is 0 Å². The molecule has 7 aromatic rings. The zero-order valence-corrected chi connectivity index (χ0v) is 23.6. The van der Waals surface area contributed by atoms with E-state index < -0.39 is 6.23 Å². The Bertz CT molecular complexity index is 2280. The lowest BCUT2D eigenvalue weighted by molar-refractivity contribution is 0.0935. The van der Waals surface area contributed by atoms with Crippen molar-refractivity contribution in [2.24, 2.45) is 0 Å². The number of carbonyl (C=O) groups is 1. The second-order valence-corrected chi connectivity index (χ2v) is 10.9. The summed E-state index contributed by atoms with van der Waals surface area (Å²) in [5, 5.41) is 23.4. The minimum absolute atomic E-state index is 0.239. The van der Waals surface area contributed by atoms with Gasteiger partial charge < -0.3 is 9.67 Å². The van der Waals surface area contributed by atoms with Crippen molar-refractivity contribution in [1.29, 1.82) is 5.26 Å². The Hall–Kier alpha value is -5.96. The summed E-state index contributed by atoms with van der Waals surface area (Å²) >= 11 is 0. The van der Waals surface area contributed by atoms with Crippen molar-refractivity contribution in [2.45, 2.75) is 6.23 Å². The molecule has 0 spiro atoms. The van der Waals surface area contributed by atoms with Crippen LogP contribution in [0.2, 0.25) is 0 Å². The van der Waals surface area contributed by atoms with Crippen LogP contribution in [0.15, 0.2) is 140 Å². The van der Waals surface area contributed by atoms with Gasteiger partial charge in [0.2, 0.25) is 0 Å². The highest BCUT2D eigenvalue weighted by molar-refractivity contribution is 6.14. The summed E-state index contributed by atoms with van der Waals surface area (Å²) in [4.78, 5) is 15.6. The molecule has 1 amide bonds. The van der Waals surface area contributed by atoms with E-state index in [1.54, 1.807) is 6.07 Å². The number of aliphatic hydroxyl groups excluding tert-OH is 1. The fourth-order valence-electron chi connectivity index (χ4n) is 6.51. The zero-order chi connectivity index (χ0) is 29.8. The third-order valence-electron chi connectivity index (χ3n) is 8.55. The Morgan fingerprint density at radius 1 is 0.591 bits per heavy atom. The number of nitrogens with zero attached hydrogens (tertiary/aromatic N) is 3. The molecule has 5 heteroatoms. The average molecular weight is 568 g/mol. The lowest BCUT2D eigenvalue weighted by atomic mass is 10.0. The lowest BCUT2D eigenvalue weighted by Crippen LogP contribution is -2.28. The van der Waals surface area contributed by atoms with Gasteiger partial charge in [-0.1, -0.05) is 97.1 Å². The second kappa shape index (κ2) is 10.1. The van der Waals surface area contributed by atoms with E-state index in [2.05, 4.69) is 41.0 Å². The van der Waals surface area contributed by atoms with Crippen molar-refractivity contribution in [3.8, 4) is 34.0 Å². The van der Waals surface area contributed by atoms with Crippen LogP contribution in [-0.2, 0) is 0 Å². The van der Waals surface area contributed by atoms with Crippen molar-refractivity contribution < 1.29 is 9.90 Å². The highest BCUT2D eigenvalue weighted by Crippen LogP contribution is 2.44. The van der Waals surface area contributed by atoms with Gasteiger partial charge >= 0.3 is 0 Å². The first-order chi connectivity index (χ1) is 21.6. The van der Waals surface area contributed by atoms with E-state index in [-0.39, 0.29) is 5.91 Å². The molecule has 44 heavy (non-hydrogen) atoms. The smallest absolute Gasteiger partial charge is 0.261 e. The summed E-state index contributed by atoms with van der Waals surface area (Å²) in [7, 11) is 0. The molecule has 1 N–H and O–H groups in total. The highest BCUT2D eigenvalue weighted by atomic mass is 16.3. The first-order valence-corrected chi connectivity index (χ1v) is 14.5. The van der Waals surface area contributed by atoms with Crippen molar-refractivity contribution in [3.63, 3.8) is 0 Å². The number of nitriles is 1. The highest BCUT2D eigenvalue weighted by Gasteiger charge is 2.40. The monoisotopic (exact) mass is 567 g/mol. The Morgan fingerprint density at radius 3 is 2.07 bits per heavy atom. The Kier molecular flexibility index (Phi) is 5.90. The van der Waals surface area contributed by atoms with Gasteiger partial charge in [0.05, 0.1) is 34.0 Å². The summed E-state index contributed by atoms with van der Waals surface area (Å²) in [6.07, 6.45) is -1.18. The van der Waals surface area contributed by atoms with Gasteiger partial charge in [0, 0.05) is 27.5 Å². The molecule has 0 fully saturated rings. The van der Waals surface area contributed by atoms with Gasteiger partial charge in [-0.2, -0.15) is 5.26 Å². The first kappa shape index (κ1) is 25.7.